The normalized spacial score (nSPS) is 10.3. The quantitative estimate of drug-likeness (QED) is 0.706. The third-order valence-corrected chi connectivity index (χ3v) is 4.28. The SMILES string of the molecule is CCOC(=O)c1ccccc1N(CC)C(=O)c1ccc(N(C)CC)cc1. The molecule has 2 rings (SSSR count). The molecular formula is C21H26N2O3. The summed E-state index contributed by atoms with van der Waals surface area (Å²) in [4.78, 5) is 29.0. The van der Waals surface area contributed by atoms with E-state index in [1.54, 1.807) is 30.0 Å². The van der Waals surface area contributed by atoms with Crippen molar-refractivity contribution in [2.75, 3.05) is 36.5 Å². The number of rotatable bonds is 7. The maximum Gasteiger partial charge on any atom is 0.340 e. The lowest BCUT2D eigenvalue weighted by molar-refractivity contribution is 0.0527. The number of anilines is 2. The largest absolute Gasteiger partial charge is 0.462 e. The van der Waals surface area contributed by atoms with Crippen LogP contribution in [0.3, 0.4) is 0 Å². The Bertz CT molecular complexity index is 756. The molecule has 0 spiro atoms. The number of benzene rings is 2. The first-order valence-electron chi connectivity index (χ1n) is 8.92. The minimum atomic E-state index is -0.422. The molecule has 0 fully saturated rings. The Hall–Kier alpha value is -2.82. The number of ether oxygens (including phenoxy) is 1. The second-order valence-electron chi connectivity index (χ2n) is 5.85. The van der Waals surface area contributed by atoms with Crippen LogP contribution >= 0.6 is 0 Å². The van der Waals surface area contributed by atoms with Gasteiger partial charge in [-0.1, -0.05) is 12.1 Å². The summed E-state index contributed by atoms with van der Waals surface area (Å²) in [5, 5.41) is 0. The average molecular weight is 354 g/mol. The molecule has 0 aliphatic heterocycles. The van der Waals surface area contributed by atoms with Crippen molar-refractivity contribution in [3.8, 4) is 0 Å². The van der Waals surface area contributed by atoms with Gasteiger partial charge in [-0.05, 0) is 57.2 Å². The van der Waals surface area contributed by atoms with Gasteiger partial charge in [-0.15, -0.1) is 0 Å². The van der Waals surface area contributed by atoms with Gasteiger partial charge in [0.1, 0.15) is 0 Å². The lowest BCUT2D eigenvalue weighted by Crippen LogP contribution is -2.32. The van der Waals surface area contributed by atoms with Gasteiger partial charge in [0.2, 0.25) is 0 Å². The van der Waals surface area contributed by atoms with Crippen LogP contribution in [0.2, 0.25) is 0 Å². The van der Waals surface area contributed by atoms with Gasteiger partial charge in [0.25, 0.3) is 5.91 Å². The fraction of sp³-hybridized carbons (Fsp3) is 0.333. The van der Waals surface area contributed by atoms with E-state index in [1.165, 1.54) is 0 Å². The average Bonchev–Trinajstić information content (AvgIpc) is 2.68. The molecule has 0 aliphatic rings. The van der Waals surface area contributed by atoms with Gasteiger partial charge in [0, 0.05) is 31.4 Å². The predicted octanol–water partition coefficient (Wildman–Crippen LogP) is 3.99. The summed E-state index contributed by atoms with van der Waals surface area (Å²) in [6.07, 6.45) is 0. The highest BCUT2D eigenvalue weighted by Gasteiger charge is 2.22. The second-order valence-corrected chi connectivity index (χ2v) is 5.85. The van der Waals surface area contributed by atoms with Crippen LogP contribution in [-0.4, -0.2) is 38.6 Å². The van der Waals surface area contributed by atoms with E-state index in [1.807, 2.05) is 44.3 Å². The van der Waals surface area contributed by atoms with Crippen molar-refractivity contribution in [3.63, 3.8) is 0 Å². The lowest BCUT2D eigenvalue weighted by atomic mass is 10.1. The van der Waals surface area contributed by atoms with E-state index in [4.69, 9.17) is 4.74 Å². The van der Waals surface area contributed by atoms with Crippen LogP contribution in [0, 0.1) is 0 Å². The fourth-order valence-electron chi connectivity index (χ4n) is 2.71. The summed E-state index contributed by atoms with van der Waals surface area (Å²) in [5.41, 5.74) is 2.60. The Morgan fingerprint density at radius 3 is 2.15 bits per heavy atom. The summed E-state index contributed by atoms with van der Waals surface area (Å²) in [6.45, 7) is 7.36. The molecule has 2 aromatic carbocycles. The van der Waals surface area contributed by atoms with Crippen LogP contribution in [-0.2, 0) is 4.74 Å². The number of carbonyl (C=O) groups excluding carboxylic acids is 2. The number of carbonyl (C=O) groups is 2. The molecule has 0 saturated carbocycles. The van der Waals surface area contributed by atoms with E-state index in [0.717, 1.165) is 12.2 Å². The molecule has 5 heteroatoms. The zero-order valence-corrected chi connectivity index (χ0v) is 15.9. The van der Waals surface area contributed by atoms with E-state index in [9.17, 15) is 9.59 Å². The van der Waals surface area contributed by atoms with Gasteiger partial charge in [-0.3, -0.25) is 4.79 Å². The minimum absolute atomic E-state index is 0.144. The van der Waals surface area contributed by atoms with Gasteiger partial charge >= 0.3 is 5.97 Å². The van der Waals surface area contributed by atoms with Crippen molar-refractivity contribution >= 4 is 23.3 Å². The Morgan fingerprint density at radius 1 is 0.923 bits per heavy atom. The van der Waals surface area contributed by atoms with Crippen molar-refractivity contribution in [1.82, 2.24) is 0 Å². The Kier molecular flexibility index (Phi) is 6.78. The van der Waals surface area contributed by atoms with Crippen LogP contribution in [0.25, 0.3) is 0 Å². The van der Waals surface area contributed by atoms with Gasteiger partial charge in [0.05, 0.1) is 17.9 Å². The first kappa shape index (κ1) is 19.5. The van der Waals surface area contributed by atoms with E-state index in [0.29, 0.717) is 30.0 Å². The number of hydrogen-bond acceptors (Lipinski definition) is 4. The molecule has 0 N–H and O–H groups in total. The molecule has 0 saturated heterocycles. The van der Waals surface area contributed by atoms with Gasteiger partial charge in [-0.2, -0.15) is 0 Å². The smallest absolute Gasteiger partial charge is 0.340 e. The summed E-state index contributed by atoms with van der Waals surface area (Å²) in [7, 11) is 2.00. The number of hydrogen-bond donors (Lipinski definition) is 0. The minimum Gasteiger partial charge on any atom is -0.462 e. The van der Waals surface area contributed by atoms with E-state index < -0.39 is 5.97 Å². The van der Waals surface area contributed by atoms with Gasteiger partial charge < -0.3 is 14.5 Å². The van der Waals surface area contributed by atoms with Crippen LogP contribution in [0.4, 0.5) is 11.4 Å². The summed E-state index contributed by atoms with van der Waals surface area (Å²) >= 11 is 0. The number of esters is 1. The molecule has 2 aromatic rings. The van der Waals surface area contributed by atoms with Crippen LogP contribution in [0.15, 0.2) is 48.5 Å². The predicted molar refractivity (Wildman–Crippen MR) is 105 cm³/mol. The first-order chi connectivity index (χ1) is 12.5. The highest BCUT2D eigenvalue weighted by Crippen LogP contribution is 2.24. The molecule has 0 aliphatic carbocycles. The zero-order valence-electron chi connectivity index (χ0n) is 15.9. The molecule has 1 amide bonds. The highest BCUT2D eigenvalue weighted by atomic mass is 16.5. The molecule has 5 nitrogen and oxygen atoms in total. The lowest BCUT2D eigenvalue weighted by Gasteiger charge is -2.24. The summed E-state index contributed by atoms with van der Waals surface area (Å²) in [6, 6.07) is 14.5. The van der Waals surface area contributed by atoms with Crippen molar-refractivity contribution in [2.45, 2.75) is 20.8 Å². The van der Waals surface area contributed by atoms with E-state index in [-0.39, 0.29) is 5.91 Å². The van der Waals surface area contributed by atoms with Crippen molar-refractivity contribution < 1.29 is 14.3 Å². The molecule has 0 radical (unpaired) electrons. The second kappa shape index (κ2) is 9.04. The van der Waals surface area contributed by atoms with Crippen LogP contribution in [0.5, 0.6) is 0 Å². The topological polar surface area (TPSA) is 49.9 Å². The maximum absolute atomic E-state index is 13.0. The standard InChI is InChI=1S/C21H26N2O3/c1-5-22(4)17-14-12-16(13-15-17)20(24)23(6-2)19-11-9-8-10-18(19)21(25)26-7-3/h8-15H,5-7H2,1-4H3. The highest BCUT2D eigenvalue weighted by molar-refractivity contribution is 6.09. The molecule has 0 heterocycles. The molecule has 0 unspecified atom stereocenters. The monoisotopic (exact) mass is 354 g/mol. The first-order valence-corrected chi connectivity index (χ1v) is 8.92. The number of para-hydroxylation sites is 1. The van der Waals surface area contributed by atoms with Gasteiger partial charge in [0.15, 0.2) is 0 Å². The van der Waals surface area contributed by atoms with E-state index in [2.05, 4.69) is 11.8 Å². The van der Waals surface area contributed by atoms with Crippen molar-refractivity contribution in [1.29, 1.82) is 0 Å². The Morgan fingerprint density at radius 2 is 1.58 bits per heavy atom. The summed E-state index contributed by atoms with van der Waals surface area (Å²) < 4.78 is 5.12. The van der Waals surface area contributed by atoms with E-state index >= 15 is 0 Å². The van der Waals surface area contributed by atoms with Crippen molar-refractivity contribution in [3.05, 3.63) is 59.7 Å². The molecular weight excluding hydrogens is 328 g/mol. The molecule has 0 bridgehead atoms. The zero-order chi connectivity index (χ0) is 19.1. The van der Waals surface area contributed by atoms with Crippen molar-refractivity contribution in [2.24, 2.45) is 0 Å². The Labute approximate surface area is 155 Å². The molecule has 0 atom stereocenters. The van der Waals surface area contributed by atoms with Gasteiger partial charge in [-0.25, -0.2) is 4.79 Å². The molecule has 26 heavy (non-hydrogen) atoms. The summed E-state index contributed by atoms with van der Waals surface area (Å²) in [5.74, 6) is -0.566. The number of nitrogens with zero attached hydrogens (tertiary/aromatic N) is 2. The molecule has 138 valence electrons. The van der Waals surface area contributed by atoms with Crippen LogP contribution in [0.1, 0.15) is 41.5 Å². The number of amides is 1. The third-order valence-electron chi connectivity index (χ3n) is 4.28. The molecule has 0 aromatic heterocycles. The maximum atomic E-state index is 13.0. The third kappa shape index (κ3) is 4.23. The fourth-order valence-corrected chi connectivity index (χ4v) is 2.71. The van der Waals surface area contributed by atoms with Crippen LogP contribution < -0.4 is 9.80 Å². The Balaban J connectivity index is 2.34.